The highest BCUT2D eigenvalue weighted by Gasteiger charge is 2.43. The first-order valence-corrected chi connectivity index (χ1v) is 14.7. The monoisotopic (exact) mass is 510 g/mol. The molecule has 0 N–H and O–H groups in total. The largest absolute Gasteiger partial charge is 0.485 e. The molecule has 0 aliphatic heterocycles. The van der Waals surface area contributed by atoms with Gasteiger partial charge in [-0.3, -0.25) is 0 Å². The molecule has 0 bridgehead atoms. The molecule has 2 aromatic rings. The third-order valence-electron chi connectivity index (χ3n) is 7.94. The molecule has 4 nitrogen and oxygen atoms in total. The van der Waals surface area contributed by atoms with Crippen LogP contribution in [0, 0.1) is 12.8 Å². The summed E-state index contributed by atoms with van der Waals surface area (Å²) in [6, 6.07) is 10.0. The fraction of sp³-hybridized carbons (Fsp3) is 0.548. The smallest absolute Gasteiger partial charge is 0.314 e. The Bertz CT molecular complexity index is 1250. The van der Waals surface area contributed by atoms with Gasteiger partial charge in [-0.2, -0.15) is 8.42 Å². The second-order valence-corrected chi connectivity index (χ2v) is 14.4. The van der Waals surface area contributed by atoms with Crippen LogP contribution in [0.5, 0.6) is 11.5 Å². The Labute approximate surface area is 218 Å². The molecule has 196 valence electrons. The van der Waals surface area contributed by atoms with E-state index in [1.54, 1.807) is 20.8 Å². The molecule has 1 unspecified atom stereocenters. The van der Waals surface area contributed by atoms with Crippen molar-refractivity contribution >= 4 is 10.1 Å². The van der Waals surface area contributed by atoms with E-state index in [2.05, 4.69) is 33.8 Å². The number of rotatable bonds is 6. The summed E-state index contributed by atoms with van der Waals surface area (Å²) in [6.45, 7) is 16.3. The predicted octanol–water partition coefficient (Wildman–Crippen LogP) is 8.15. The van der Waals surface area contributed by atoms with E-state index in [1.165, 1.54) is 16.7 Å². The Morgan fingerprint density at radius 3 is 2.28 bits per heavy atom. The molecule has 0 saturated heterocycles. The maximum absolute atomic E-state index is 13.3. The van der Waals surface area contributed by atoms with Gasteiger partial charge in [-0.1, -0.05) is 55.8 Å². The van der Waals surface area contributed by atoms with Gasteiger partial charge in [0, 0.05) is 17.0 Å². The standard InChI is InChI=1S/C31H42O4S/c1-19(2)16-24-17-21(4)25-15-14-20(3)26-28(25)27(24)22(5)29(35-36(32,33)31(6,7)8)30(26)34-18-23-12-10-9-11-13-23/h9-13,16,20-21,24-25H,14-15,17-18H2,1-8H3/t20-,21-,24+,25?/m0/s1. The summed E-state index contributed by atoms with van der Waals surface area (Å²) in [5.74, 6) is 2.51. The van der Waals surface area contributed by atoms with Crippen molar-refractivity contribution in [3.8, 4) is 11.5 Å². The third-order valence-corrected chi connectivity index (χ3v) is 9.82. The van der Waals surface area contributed by atoms with Gasteiger partial charge in [0.2, 0.25) is 0 Å². The zero-order valence-corrected chi connectivity index (χ0v) is 24.0. The van der Waals surface area contributed by atoms with E-state index in [1.807, 2.05) is 37.3 Å². The number of hydrogen-bond donors (Lipinski definition) is 0. The molecule has 0 fully saturated rings. The van der Waals surface area contributed by atoms with Crippen LogP contribution >= 0.6 is 0 Å². The zero-order chi connectivity index (χ0) is 26.4. The van der Waals surface area contributed by atoms with Gasteiger partial charge in [-0.25, -0.2) is 0 Å². The third kappa shape index (κ3) is 4.96. The Kier molecular flexibility index (Phi) is 7.36. The topological polar surface area (TPSA) is 52.6 Å². The van der Waals surface area contributed by atoms with Gasteiger partial charge in [0.1, 0.15) is 6.61 Å². The zero-order valence-electron chi connectivity index (χ0n) is 23.1. The maximum Gasteiger partial charge on any atom is 0.314 e. The molecule has 4 rings (SSSR count). The van der Waals surface area contributed by atoms with Gasteiger partial charge < -0.3 is 8.92 Å². The molecule has 2 aromatic carbocycles. The SMILES string of the molecule is CC(C)=C[C@@H]1C[C@H](C)C2CC[C@H](C)c3c(OCc4ccccc4)c(OS(=O)(=O)C(C)(C)C)c(C)c1c32. The lowest BCUT2D eigenvalue weighted by atomic mass is 9.62. The van der Waals surface area contributed by atoms with Crippen molar-refractivity contribution in [2.75, 3.05) is 0 Å². The van der Waals surface area contributed by atoms with E-state index in [4.69, 9.17) is 8.92 Å². The fourth-order valence-corrected chi connectivity index (χ4v) is 6.65. The lowest BCUT2D eigenvalue weighted by Gasteiger charge is -2.43. The predicted molar refractivity (Wildman–Crippen MR) is 148 cm³/mol. The quantitative estimate of drug-likeness (QED) is 0.291. The van der Waals surface area contributed by atoms with Crippen molar-refractivity contribution in [2.45, 2.75) is 104 Å². The maximum atomic E-state index is 13.3. The summed E-state index contributed by atoms with van der Waals surface area (Å²) in [6.07, 6.45) is 5.63. The normalized spacial score (nSPS) is 23.6. The molecule has 2 aliphatic rings. The van der Waals surface area contributed by atoms with E-state index < -0.39 is 14.9 Å². The van der Waals surface area contributed by atoms with Gasteiger partial charge in [-0.15, -0.1) is 0 Å². The van der Waals surface area contributed by atoms with Crippen LogP contribution in [0.25, 0.3) is 0 Å². The summed E-state index contributed by atoms with van der Waals surface area (Å²) in [7, 11) is -3.89. The molecule has 0 saturated carbocycles. The van der Waals surface area contributed by atoms with Gasteiger partial charge in [0.15, 0.2) is 11.5 Å². The highest BCUT2D eigenvalue weighted by atomic mass is 32.2. The van der Waals surface area contributed by atoms with E-state index in [0.29, 0.717) is 29.9 Å². The lowest BCUT2D eigenvalue weighted by Crippen LogP contribution is -2.33. The first-order valence-electron chi connectivity index (χ1n) is 13.3. The second-order valence-electron chi connectivity index (χ2n) is 12.1. The van der Waals surface area contributed by atoms with E-state index in [-0.39, 0.29) is 11.8 Å². The number of benzene rings is 2. The molecular formula is C31H42O4S. The van der Waals surface area contributed by atoms with Crippen molar-refractivity contribution in [2.24, 2.45) is 5.92 Å². The molecule has 0 spiro atoms. The molecule has 36 heavy (non-hydrogen) atoms. The first-order chi connectivity index (χ1) is 16.8. The van der Waals surface area contributed by atoms with Gasteiger partial charge in [-0.05, 0) is 95.2 Å². The van der Waals surface area contributed by atoms with Crippen molar-refractivity contribution in [1.82, 2.24) is 0 Å². The average Bonchev–Trinajstić information content (AvgIpc) is 2.78. The van der Waals surface area contributed by atoms with E-state index in [0.717, 1.165) is 36.0 Å². The van der Waals surface area contributed by atoms with Crippen molar-refractivity contribution < 1.29 is 17.3 Å². The minimum absolute atomic E-state index is 0.239. The Hall–Kier alpha value is -2.27. The number of ether oxygens (including phenoxy) is 1. The number of hydrogen-bond acceptors (Lipinski definition) is 4. The van der Waals surface area contributed by atoms with Crippen molar-refractivity contribution in [3.05, 3.63) is 69.8 Å². The lowest BCUT2D eigenvalue weighted by molar-refractivity contribution is 0.276. The highest BCUT2D eigenvalue weighted by molar-refractivity contribution is 7.88. The molecule has 5 heteroatoms. The van der Waals surface area contributed by atoms with Gasteiger partial charge in [0.05, 0.1) is 4.75 Å². The van der Waals surface area contributed by atoms with E-state index in [9.17, 15) is 8.42 Å². The summed E-state index contributed by atoms with van der Waals surface area (Å²) >= 11 is 0. The molecular weight excluding hydrogens is 468 g/mol. The van der Waals surface area contributed by atoms with Crippen molar-refractivity contribution in [3.63, 3.8) is 0 Å². The molecule has 2 aliphatic carbocycles. The highest BCUT2D eigenvalue weighted by Crippen LogP contribution is 2.58. The molecule has 0 heterocycles. The van der Waals surface area contributed by atoms with Crippen LogP contribution in [-0.2, 0) is 16.7 Å². The molecule has 0 radical (unpaired) electrons. The fourth-order valence-electron chi connectivity index (χ4n) is 5.98. The van der Waals surface area contributed by atoms with Crippen LogP contribution in [0.15, 0.2) is 42.0 Å². The molecule has 0 aromatic heterocycles. The average molecular weight is 511 g/mol. The van der Waals surface area contributed by atoms with Crippen molar-refractivity contribution in [1.29, 1.82) is 0 Å². The van der Waals surface area contributed by atoms with Crippen LogP contribution in [0.1, 0.15) is 113 Å². The van der Waals surface area contributed by atoms with Crippen LogP contribution < -0.4 is 8.92 Å². The number of allylic oxidation sites excluding steroid dienone is 2. The Morgan fingerprint density at radius 2 is 1.67 bits per heavy atom. The Balaban J connectivity index is 1.99. The summed E-state index contributed by atoms with van der Waals surface area (Å²) in [5.41, 5.74) is 7.01. The van der Waals surface area contributed by atoms with Gasteiger partial charge in [0.25, 0.3) is 0 Å². The Morgan fingerprint density at radius 1 is 1.00 bits per heavy atom. The van der Waals surface area contributed by atoms with Crippen LogP contribution in [0.4, 0.5) is 0 Å². The van der Waals surface area contributed by atoms with E-state index >= 15 is 0 Å². The van der Waals surface area contributed by atoms with Crippen LogP contribution in [0.3, 0.4) is 0 Å². The van der Waals surface area contributed by atoms with Gasteiger partial charge >= 0.3 is 10.1 Å². The molecule has 0 amide bonds. The summed E-state index contributed by atoms with van der Waals surface area (Å²) in [5, 5.41) is 0. The van der Waals surface area contributed by atoms with Crippen LogP contribution in [-0.4, -0.2) is 13.2 Å². The first kappa shape index (κ1) is 26.8. The second kappa shape index (κ2) is 9.89. The minimum atomic E-state index is -3.89. The minimum Gasteiger partial charge on any atom is -0.485 e. The van der Waals surface area contributed by atoms with Crippen LogP contribution in [0.2, 0.25) is 0 Å². The molecule has 4 atom stereocenters. The summed E-state index contributed by atoms with van der Waals surface area (Å²) < 4.78 is 38.2. The summed E-state index contributed by atoms with van der Waals surface area (Å²) in [4.78, 5) is 0.